The van der Waals surface area contributed by atoms with Crippen LogP contribution in [0, 0.1) is 0 Å². The number of phenolic OH excluding ortho intramolecular Hbond substituents is 2. The van der Waals surface area contributed by atoms with Crippen molar-refractivity contribution < 1.29 is 56.3 Å². The number of rotatable bonds is 22. The van der Waals surface area contributed by atoms with Gasteiger partial charge < -0.3 is 50.3 Å². The maximum absolute atomic E-state index is 12.2. The van der Waals surface area contributed by atoms with E-state index in [2.05, 4.69) is 29.9 Å². The van der Waals surface area contributed by atoms with Crippen LogP contribution in [0.25, 0.3) is 12.2 Å². The first-order valence-electron chi connectivity index (χ1n) is 22.7. The number of sulfonamides is 2. The molecule has 2 aliphatic heterocycles. The van der Waals surface area contributed by atoms with E-state index in [1.807, 2.05) is 60.7 Å². The maximum Gasteiger partial charge on any atom is 0.317 e. The van der Waals surface area contributed by atoms with E-state index in [0.29, 0.717) is 11.1 Å². The standard InChI is InChI=1S/C49H62N6O12S2/c1-68(62,63)52-42-29-36(11-17-44(42)56)46(58)32-50-38-19-23-54(24-20-38)40-13-7-34(8-14-40)5-3-27-66-48(60)31-49(61)67-28-4-6-35-9-15-41(16-10-35)55-25-21-39(22-26-55)51-33-47(59)37-12-18-45(57)43(30-37)53-69(2,64)65/h3-18,29-30,38-39,46-47,50-53,56-59H,19-28,31-33H2,1-2H3/t46-,47-/m0/s1. The predicted octanol–water partition coefficient (Wildman–Crippen LogP) is 4.63. The third-order valence-corrected chi connectivity index (χ3v) is 12.9. The Labute approximate surface area is 403 Å². The number of aromatic hydroxyl groups is 2. The van der Waals surface area contributed by atoms with E-state index in [-0.39, 0.29) is 61.3 Å². The first-order chi connectivity index (χ1) is 32.9. The molecule has 0 bridgehead atoms. The molecule has 69 heavy (non-hydrogen) atoms. The Hall–Kier alpha value is -6.16. The Balaban J connectivity index is 0.811. The molecule has 6 rings (SSSR count). The first-order valence-corrected chi connectivity index (χ1v) is 26.4. The Morgan fingerprint density at radius 2 is 0.971 bits per heavy atom. The molecule has 2 saturated heterocycles. The molecule has 4 aromatic carbocycles. The highest BCUT2D eigenvalue weighted by Gasteiger charge is 2.23. The van der Waals surface area contributed by atoms with Gasteiger partial charge in [-0.15, -0.1) is 0 Å². The maximum atomic E-state index is 12.2. The monoisotopic (exact) mass is 990 g/mol. The number of nitrogens with one attached hydrogen (secondary N) is 4. The van der Waals surface area contributed by atoms with Gasteiger partial charge in [0, 0.05) is 62.7 Å². The van der Waals surface area contributed by atoms with Crippen LogP contribution < -0.4 is 29.9 Å². The van der Waals surface area contributed by atoms with Gasteiger partial charge in [-0.05, 0) is 109 Å². The minimum absolute atomic E-state index is 0.00219. The number of nitrogens with zero attached hydrogens (tertiary/aromatic N) is 2. The summed E-state index contributed by atoms with van der Waals surface area (Å²) in [5.41, 5.74) is 4.99. The van der Waals surface area contributed by atoms with E-state index in [9.17, 15) is 46.9 Å². The molecule has 0 aliphatic carbocycles. The minimum atomic E-state index is -3.59. The van der Waals surface area contributed by atoms with Gasteiger partial charge in [0.1, 0.15) is 31.1 Å². The summed E-state index contributed by atoms with van der Waals surface area (Å²) < 4.78 is 61.3. The van der Waals surface area contributed by atoms with E-state index in [0.717, 1.165) is 86.9 Å². The lowest BCUT2D eigenvalue weighted by Gasteiger charge is -2.34. The number of esters is 2. The fourth-order valence-corrected chi connectivity index (χ4v) is 9.15. The first kappa shape index (κ1) is 52.2. The zero-order valence-electron chi connectivity index (χ0n) is 38.7. The molecule has 0 spiro atoms. The number of anilines is 4. The van der Waals surface area contributed by atoms with Crippen LogP contribution in [0.2, 0.25) is 0 Å². The Kier molecular flexibility index (Phi) is 18.5. The number of phenols is 2. The number of ether oxygens (including phenoxy) is 2. The Morgan fingerprint density at radius 3 is 1.32 bits per heavy atom. The van der Waals surface area contributed by atoms with Gasteiger partial charge in [0.05, 0.1) is 36.1 Å². The van der Waals surface area contributed by atoms with Crippen molar-refractivity contribution >= 4 is 66.9 Å². The summed E-state index contributed by atoms with van der Waals surface area (Å²) in [5.74, 6) is -1.82. The molecule has 20 heteroatoms. The highest BCUT2D eigenvalue weighted by atomic mass is 32.2. The normalized spacial score (nSPS) is 16.1. The van der Waals surface area contributed by atoms with Crippen LogP contribution in [-0.4, -0.2) is 126 Å². The van der Waals surface area contributed by atoms with Crippen LogP contribution in [-0.2, 0) is 39.1 Å². The highest BCUT2D eigenvalue weighted by Crippen LogP contribution is 2.30. The SMILES string of the molecule is CS(=O)(=O)Nc1cc([C@@H](O)CNC2CCN(c3ccc(C=CCOC(=O)CC(=O)OCC=Cc4ccc(N5CCC(NC[C@H](O)c6ccc(O)c(NS(C)(=O)=O)c6)CC5)cc4)cc3)CC2)ccc1O. The van der Waals surface area contributed by atoms with E-state index >= 15 is 0 Å². The summed E-state index contributed by atoms with van der Waals surface area (Å²) in [6, 6.07) is 25.1. The molecule has 2 aliphatic rings. The van der Waals surface area contributed by atoms with Gasteiger partial charge in [0.25, 0.3) is 0 Å². The van der Waals surface area contributed by atoms with Gasteiger partial charge in [-0.2, -0.15) is 0 Å². The van der Waals surface area contributed by atoms with E-state index < -0.39 is 50.6 Å². The van der Waals surface area contributed by atoms with Gasteiger partial charge in [-0.1, -0.05) is 48.6 Å². The molecule has 372 valence electrons. The number of carbonyl (C=O) groups is 2. The number of aliphatic hydroxyl groups excluding tert-OH is 2. The van der Waals surface area contributed by atoms with Crippen molar-refractivity contribution in [2.45, 2.75) is 56.4 Å². The molecular formula is C49H62N6O12S2. The lowest BCUT2D eigenvalue weighted by molar-refractivity contribution is -0.153. The second kappa shape index (κ2) is 24.4. The van der Waals surface area contributed by atoms with Gasteiger partial charge in [-0.25, -0.2) is 16.8 Å². The smallest absolute Gasteiger partial charge is 0.317 e. The number of aliphatic hydroxyl groups is 2. The molecule has 2 heterocycles. The van der Waals surface area contributed by atoms with Crippen LogP contribution in [0.5, 0.6) is 11.5 Å². The predicted molar refractivity (Wildman–Crippen MR) is 267 cm³/mol. The molecule has 0 aromatic heterocycles. The minimum Gasteiger partial charge on any atom is -0.506 e. The van der Waals surface area contributed by atoms with Crippen molar-refractivity contribution in [1.82, 2.24) is 10.6 Å². The van der Waals surface area contributed by atoms with Crippen molar-refractivity contribution in [1.29, 1.82) is 0 Å². The number of benzene rings is 4. The van der Waals surface area contributed by atoms with Crippen molar-refractivity contribution in [3.8, 4) is 11.5 Å². The fourth-order valence-electron chi connectivity index (χ4n) is 8.02. The van der Waals surface area contributed by atoms with Crippen molar-refractivity contribution in [2.75, 3.05) is 84.2 Å². The molecular weight excluding hydrogens is 929 g/mol. The summed E-state index contributed by atoms with van der Waals surface area (Å²) in [5, 5.41) is 48.2. The second-order valence-electron chi connectivity index (χ2n) is 17.2. The molecule has 0 amide bonds. The average Bonchev–Trinajstić information content (AvgIpc) is 3.31. The Morgan fingerprint density at radius 1 is 0.609 bits per heavy atom. The lowest BCUT2D eigenvalue weighted by Crippen LogP contribution is -2.43. The average molecular weight is 991 g/mol. The van der Waals surface area contributed by atoms with Crippen LogP contribution in [0.1, 0.15) is 66.6 Å². The lowest BCUT2D eigenvalue weighted by atomic mass is 10.0. The molecule has 8 N–H and O–H groups in total. The van der Waals surface area contributed by atoms with Crippen molar-refractivity contribution in [2.24, 2.45) is 0 Å². The zero-order valence-corrected chi connectivity index (χ0v) is 40.3. The van der Waals surface area contributed by atoms with Crippen LogP contribution >= 0.6 is 0 Å². The van der Waals surface area contributed by atoms with Gasteiger partial charge >= 0.3 is 11.9 Å². The zero-order chi connectivity index (χ0) is 49.6. The van der Waals surface area contributed by atoms with Gasteiger partial charge in [-0.3, -0.25) is 19.0 Å². The summed E-state index contributed by atoms with van der Waals surface area (Å²) in [6.45, 7) is 3.82. The third kappa shape index (κ3) is 17.1. The van der Waals surface area contributed by atoms with Crippen LogP contribution in [0.15, 0.2) is 97.1 Å². The van der Waals surface area contributed by atoms with Crippen LogP contribution in [0.4, 0.5) is 22.7 Å². The number of piperidine rings is 2. The number of hydrogen-bond acceptors (Lipinski definition) is 16. The summed E-state index contributed by atoms with van der Waals surface area (Å²) in [7, 11) is -7.18. The fraction of sp³-hybridized carbons (Fsp3) is 0.388. The van der Waals surface area contributed by atoms with Crippen LogP contribution in [0.3, 0.4) is 0 Å². The topological polar surface area (TPSA) is 256 Å². The van der Waals surface area contributed by atoms with Crippen molar-refractivity contribution in [3.05, 3.63) is 119 Å². The molecule has 2 atom stereocenters. The second-order valence-corrected chi connectivity index (χ2v) is 20.7. The van der Waals surface area contributed by atoms with Crippen molar-refractivity contribution in [3.63, 3.8) is 0 Å². The molecule has 0 radical (unpaired) electrons. The molecule has 0 saturated carbocycles. The number of carbonyl (C=O) groups excluding carboxylic acids is 2. The molecule has 2 fully saturated rings. The summed E-state index contributed by atoms with van der Waals surface area (Å²) >= 11 is 0. The third-order valence-electron chi connectivity index (χ3n) is 11.7. The number of hydrogen-bond donors (Lipinski definition) is 8. The highest BCUT2D eigenvalue weighted by molar-refractivity contribution is 7.92. The molecule has 18 nitrogen and oxygen atoms in total. The molecule has 0 unspecified atom stereocenters. The van der Waals surface area contributed by atoms with E-state index in [4.69, 9.17) is 9.47 Å². The largest absolute Gasteiger partial charge is 0.506 e. The molecule has 4 aromatic rings. The quantitative estimate of drug-likeness (QED) is 0.0304. The van der Waals surface area contributed by atoms with E-state index in [1.165, 1.54) is 24.3 Å². The van der Waals surface area contributed by atoms with Gasteiger partial charge in [0.15, 0.2) is 0 Å². The van der Waals surface area contributed by atoms with Gasteiger partial charge in [0.2, 0.25) is 20.0 Å². The summed E-state index contributed by atoms with van der Waals surface area (Å²) in [6.07, 6.45) is 10.2. The Bertz CT molecular complexity index is 2450. The van der Waals surface area contributed by atoms with E-state index in [1.54, 1.807) is 24.3 Å². The summed E-state index contributed by atoms with van der Waals surface area (Å²) in [4.78, 5) is 29.1.